The van der Waals surface area contributed by atoms with E-state index in [9.17, 15) is 5.26 Å². The Morgan fingerprint density at radius 2 is 2.04 bits per heavy atom. The minimum atomic E-state index is 0.0562. The lowest BCUT2D eigenvalue weighted by Gasteiger charge is -2.12. The SMILES string of the molecule is CCCOc1ccc(/C=C(\C#N)c2nc(N)nc(N(C)C)n2)cc1OC. The number of nitrogens with zero attached hydrogens (tertiary/aromatic N) is 5. The molecule has 2 rings (SSSR count). The number of nitrogens with two attached hydrogens (primary N) is 1. The summed E-state index contributed by atoms with van der Waals surface area (Å²) in [5.74, 6) is 1.90. The average Bonchev–Trinajstić information content (AvgIpc) is 2.64. The maximum Gasteiger partial charge on any atom is 0.230 e. The van der Waals surface area contributed by atoms with Crippen LogP contribution in [0.4, 0.5) is 11.9 Å². The van der Waals surface area contributed by atoms with Gasteiger partial charge in [-0.15, -0.1) is 0 Å². The molecule has 0 saturated heterocycles. The molecule has 0 aliphatic rings. The van der Waals surface area contributed by atoms with Crippen molar-refractivity contribution in [1.29, 1.82) is 5.26 Å². The van der Waals surface area contributed by atoms with Crippen LogP contribution in [0, 0.1) is 11.3 Å². The highest BCUT2D eigenvalue weighted by molar-refractivity contribution is 5.87. The number of ether oxygens (including phenoxy) is 2. The highest BCUT2D eigenvalue weighted by Gasteiger charge is 2.12. The van der Waals surface area contributed by atoms with Crippen LogP contribution in [-0.4, -0.2) is 42.8 Å². The van der Waals surface area contributed by atoms with E-state index in [1.807, 2.05) is 19.1 Å². The summed E-state index contributed by atoms with van der Waals surface area (Å²) in [5, 5.41) is 9.53. The predicted molar refractivity (Wildman–Crippen MR) is 101 cm³/mol. The fraction of sp³-hybridized carbons (Fsp3) is 0.333. The van der Waals surface area contributed by atoms with Crippen molar-refractivity contribution < 1.29 is 9.47 Å². The van der Waals surface area contributed by atoms with Gasteiger partial charge in [-0.05, 0) is 30.2 Å². The third-order valence-electron chi connectivity index (χ3n) is 3.36. The molecular weight excluding hydrogens is 332 g/mol. The lowest BCUT2D eigenvalue weighted by Crippen LogP contribution is -2.15. The molecule has 0 aliphatic carbocycles. The van der Waals surface area contributed by atoms with Crippen molar-refractivity contribution in [1.82, 2.24) is 15.0 Å². The van der Waals surface area contributed by atoms with E-state index in [4.69, 9.17) is 15.2 Å². The first-order valence-corrected chi connectivity index (χ1v) is 8.10. The van der Waals surface area contributed by atoms with Gasteiger partial charge in [0.1, 0.15) is 6.07 Å². The van der Waals surface area contributed by atoms with Gasteiger partial charge in [-0.3, -0.25) is 0 Å². The topological polar surface area (TPSA) is 110 Å². The van der Waals surface area contributed by atoms with Crippen molar-refractivity contribution in [2.24, 2.45) is 0 Å². The van der Waals surface area contributed by atoms with Crippen molar-refractivity contribution in [3.63, 3.8) is 0 Å². The largest absolute Gasteiger partial charge is 0.493 e. The first-order chi connectivity index (χ1) is 12.5. The summed E-state index contributed by atoms with van der Waals surface area (Å²) < 4.78 is 11.0. The van der Waals surface area contributed by atoms with Gasteiger partial charge in [0.25, 0.3) is 0 Å². The van der Waals surface area contributed by atoms with Gasteiger partial charge in [0.05, 0.1) is 19.3 Å². The Kier molecular flexibility index (Phi) is 6.33. The minimum absolute atomic E-state index is 0.0562. The summed E-state index contributed by atoms with van der Waals surface area (Å²) in [6, 6.07) is 7.54. The molecule has 0 bridgehead atoms. The van der Waals surface area contributed by atoms with Crippen LogP contribution in [0.2, 0.25) is 0 Å². The summed E-state index contributed by atoms with van der Waals surface area (Å²) in [4.78, 5) is 14.1. The first kappa shape index (κ1) is 19.0. The minimum Gasteiger partial charge on any atom is -0.493 e. The van der Waals surface area contributed by atoms with Crippen LogP contribution in [0.25, 0.3) is 11.6 Å². The van der Waals surface area contributed by atoms with Crippen molar-refractivity contribution in [2.75, 3.05) is 38.4 Å². The molecule has 0 amide bonds. The number of aromatic nitrogens is 3. The molecule has 0 atom stereocenters. The third-order valence-corrected chi connectivity index (χ3v) is 3.36. The van der Waals surface area contributed by atoms with E-state index in [0.29, 0.717) is 24.1 Å². The van der Waals surface area contributed by atoms with Crippen LogP contribution < -0.4 is 20.1 Å². The van der Waals surface area contributed by atoms with Gasteiger partial charge in [0.15, 0.2) is 17.3 Å². The Morgan fingerprint density at radius 3 is 2.65 bits per heavy atom. The molecule has 2 N–H and O–H groups in total. The third kappa shape index (κ3) is 4.60. The number of hydrogen-bond acceptors (Lipinski definition) is 8. The number of nitriles is 1. The second-order valence-corrected chi connectivity index (χ2v) is 5.64. The van der Waals surface area contributed by atoms with Gasteiger partial charge in [-0.1, -0.05) is 13.0 Å². The van der Waals surface area contributed by atoms with Crippen molar-refractivity contribution >= 4 is 23.5 Å². The fourth-order valence-electron chi connectivity index (χ4n) is 2.12. The average molecular weight is 354 g/mol. The lowest BCUT2D eigenvalue weighted by molar-refractivity contribution is 0.294. The molecular formula is C18H22N6O2. The number of anilines is 2. The predicted octanol–water partition coefficient (Wildman–Crippen LogP) is 2.38. The molecule has 0 fully saturated rings. The Morgan fingerprint density at radius 1 is 1.27 bits per heavy atom. The summed E-state index contributed by atoms with van der Waals surface area (Å²) in [6.07, 6.45) is 2.57. The highest BCUT2D eigenvalue weighted by atomic mass is 16.5. The number of methoxy groups -OCH3 is 1. The molecule has 136 valence electrons. The molecule has 1 aromatic heterocycles. The molecule has 8 heteroatoms. The van der Waals surface area contributed by atoms with Crippen LogP contribution in [0.5, 0.6) is 11.5 Å². The van der Waals surface area contributed by atoms with Gasteiger partial charge < -0.3 is 20.1 Å². The number of hydrogen-bond donors (Lipinski definition) is 1. The van der Waals surface area contributed by atoms with Crippen LogP contribution >= 0.6 is 0 Å². The van der Waals surface area contributed by atoms with Crippen LogP contribution in [0.1, 0.15) is 24.7 Å². The fourth-order valence-corrected chi connectivity index (χ4v) is 2.12. The summed E-state index contributed by atoms with van der Waals surface area (Å²) in [6.45, 7) is 2.64. The van der Waals surface area contributed by atoms with Crippen molar-refractivity contribution in [3.05, 3.63) is 29.6 Å². The first-order valence-electron chi connectivity index (χ1n) is 8.10. The van der Waals surface area contributed by atoms with Crippen molar-refractivity contribution in [2.45, 2.75) is 13.3 Å². The molecule has 1 heterocycles. The molecule has 0 spiro atoms. The van der Waals surface area contributed by atoms with Crippen molar-refractivity contribution in [3.8, 4) is 17.6 Å². The molecule has 26 heavy (non-hydrogen) atoms. The second-order valence-electron chi connectivity index (χ2n) is 5.64. The van der Waals surface area contributed by atoms with E-state index >= 15 is 0 Å². The number of rotatable bonds is 7. The standard InChI is InChI=1S/C18H22N6O2/c1-5-8-26-14-7-6-12(10-15(14)25-4)9-13(11-19)16-21-17(20)23-18(22-16)24(2)3/h6-7,9-10H,5,8H2,1-4H3,(H2,20,21,22,23)/b13-9+. The van der Waals surface area contributed by atoms with E-state index in [2.05, 4.69) is 21.0 Å². The van der Waals surface area contributed by atoms with Crippen LogP contribution in [0.15, 0.2) is 18.2 Å². The van der Waals surface area contributed by atoms with Gasteiger partial charge in [-0.25, -0.2) is 0 Å². The van der Waals surface area contributed by atoms with Gasteiger partial charge >= 0.3 is 0 Å². The molecule has 0 radical (unpaired) electrons. The van der Waals surface area contributed by atoms with Gasteiger partial charge in [0.2, 0.25) is 11.9 Å². The summed E-state index contributed by atoms with van der Waals surface area (Å²) >= 11 is 0. The van der Waals surface area contributed by atoms with E-state index < -0.39 is 0 Å². The molecule has 8 nitrogen and oxygen atoms in total. The van der Waals surface area contributed by atoms with E-state index in [1.54, 1.807) is 38.2 Å². The van der Waals surface area contributed by atoms with E-state index in [-0.39, 0.29) is 17.3 Å². The molecule has 0 saturated carbocycles. The number of benzene rings is 1. The zero-order chi connectivity index (χ0) is 19.1. The summed E-state index contributed by atoms with van der Waals surface area (Å²) in [7, 11) is 5.14. The Labute approximate surface area is 152 Å². The monoisotopic (exact) mass is 354 g/mol. The highest BCUT2D eigenvalue weighted by Crippen LogP contribution is 2.29. The quantitative estimate of drug-likeness (QED) is 0.755. The van der Waals surface area contributed by atoms with Gasteiger partial charge in [-0.2, -0.15) is 20.2 Å². The molecule has 2 aromatic rings. The maximum absolute atomic E-state index is 9.53. The molecule has 1 aromatic carbocycles. The maximum atomic E-state index is 9.53. The lowest BCUT2D eigenvalue weighted by atomic mass is 10.1. The summed E-state index contributed by atoms with van der Waals surface area (Å²) in [5.41, 5.74) is 6.76. The number of nitrogen functional groups attached to an aromatic ring is 1. The molecule has 0 aliphatic heterocycles. The Hall–Kier alpha value is -3.34. The normalized spacial score (nSPS) is 11.0. The van der Waals surface area contributed by atoms with Crippen LogP contribution in [-0.2, 0) is 0 Å². The zero-order valence-electron chi connectivity index (χ0n) is 15.4. The number of allylic oxidation sites excluding steroid dienone is 1. The Balaban J connectivity index is 2.42. The second kappa shape index (κ2) is 8.67. The zero-order valence-corrected chi connectivity index (χ0v) is 15.4. The Bertz CT molecular complexity index is 842. The smallest absolute Gasteiger partial charge is 0.230 e. The molecule has 0 unspecified atom stereocenters. The van der Waals surface area contributed by atoms with E-state index in [0.717, 1.165) is 12.0 Å². The van der Waals surface area contributed by atoms with Crippen LogP contribution in [0.3, 0.4) is 0 Å². The van der Waals surface area contributed by atoms with Gasteiger partial charge in [0, 0.05) is 14.1 Å². The van der Waals surface area contributed by atoms with E-state index in [1.165, 1.54) is 0 Å².